The predicted molar refractivity (Wildman–Crippen MR) is 78.4 cm³/mol. The van der Waals surface area contributed by atoms with E-state index in [0.29, 0.717) is 17.1 Å². The van der Waals surface area contributed by atoms with Crippen LogP contribution in [0.25, 0.3) is 11.3 Å². The number of hydrazine groups is 1. The van der Waals surface area contributed by atoms with E-state index in [-0.39, 0.29) is 5.91 Å². The molecule has 0 fully saturated rings. The first-order valence-electron chi connectivity index (χ1n) is 6.22. The Hall–Kier alpha value is -3.07. The number of nitriles is 1. The predicted octanol–water partition coefficient (Wildman–Crippen LogP) is 2.09. The summed E-state index contributed by atoms with van der Waals surface area (Å²) in [5.41, 5.74) is 6.96. The minimum absolute atomic E-state index is 0.268. The van der Waals surface area contributed by atoms with Crippen molar-refractivity contribution in [2.24, 2.45) is 0 Å². The Morgan fingerprint density at radius 2 is 1.95 bits per heavy atom. The van der Waals surface area contributed by atoms with Gasteiger partial charge in [-0.05, 0) is 36.4 Å². The molecule has 0 aliphatic carbocycles. The van der Waals surface area contributed by atoms with Gasteiger partial charge in [-0.1, -0.05) is 0 Å². The summed E-state index contributed by atoms with van der Waals surface area (Å²) in [7, 11) is 1.60. The molecule has 1 amide bonds. The average Bonchev–Trinajstić information content (AvgIpc) is 2.52. The number of hydrogen-bond donors (Lipinski definition) is 2. The number of anilines is 1. The number of carbonyl (C=O) groups is 1. The van der Waals surface area contributed by atoms with Crippen LogP contribution in [0.2, 0.25) is 0 Å². The van der Waals surface area contributed by atoms with Gasteiger partial charge in [-0.25, -0.2) is 4.98 Å². The largest absolute Gasteiger partial charge is 0.497 e. The van der Waals surface area contributed by atoms with Crippen molar-refractivity contribution in [3.05, 3.63) is 42.0 Å². The van der Waals surface area contributed by atoms with E-state index in [2.05, 4.69) is 15.8 Å². The maximum atomic E-state index is 10.9. The maximum absolute atomic E-state index is 10.9. The summed E-state index contributed by atoms with van der Waals surface area (Å²) in [6, 6.07) is 12.8. The normalized spacial score (nSPS) is 9.57. The fourth-order valence-corrected chi connectivity index (χ4v) is 1.71. The van der Waals surface area contributed by atoms with E-state index in [9.17, 15) is 4.79 Å². The van der Waals surface area contributed by atoms with Crippen molar-refractivity contribution in [1.82, 2.24) is 10.4 Å². The molecular weight excluding hydrogens is 268 g/mol. The smallest absolute Gasteiger partial charge is 0.235 e. The number of nitrogens with one attached hydrogen (secondary N) is 2. The second kappa shape index (κ2) is 6.39. The molecule has 0 bridgehead atoms. The average molecular weight is 282 g/mol. The number of hydrogen-bond acceptors (Lipinski definition) is 5. The SMILES string of the molecule is COc1ccc(-c2ccc(C#N)c(NNC(C)=O)n2)cc1. The van der Waals surface area contributed by atoms with Crippen LogP contribution in [0.3, 0.4) is 0 Å². The zero-order valence-electron chi connectivity index (χ0n) is 11.7. The number of amides is 1. The van der Waals surface area contributed by atoms with Crippen molar-refractivity contribution in [2.75, 3.05) is 12.5 Å². The maximum Gasteiger partial charge on any atom is 0.235 e. The first-order valence-corrected chi connectivity index (χ1v) is 6.22. The fourth-order valence-electron chi connectivity index (χ4n) is 1.71. The molecule has 6 heteroatoms. The molecule has 6 nitrogen and oxygen atoms in total. The molecule has 0 aliphatic heterocycles. The highest BCUT2D eigenvalue weighted by Gasteiger charge is 2.07. The molecular formula is C15H14N4O2. The van der Waals surface area contributed by atoms with Crippen molar-refractivity contribution < 1.29 is 9.53 Å². The van der Waals surface area contributed by atoms with Crippen molar-refractivity contribution in [3.8, 4) is 23.1 Å². The second-order valence-corrected chi connectivity index (χ2v) is 4.24. The van der Waals surface area contributed by atoms with Gasteiger partial charge in [-0.3, -0.25) is 15.6 Å². The van der Waals surface area contributed by atoms with Crippen LogP contribution in [-0.4, -0.2) is 18.0 Å². The summed E-state index contributed by atoms with van der Waals surface area (Å²) >= 11 is 0. The molecule has 0 saturated carbocycles. The third kappa shape index (κ3) is 3.48. The zero-order valence-corrected chi connectivity index (χ0v) is 11.7. The van der Waals surface area contributed by atoms with E-state index in [1.807, 2.05) is 30.3 Å². The summed E-state index contributed by atoms with van der Waals surface area (Å²) in [6.07, 6.45) is 0. The number of carbonyl (C=O) groups excluding carboxylic acids is 1. The summed E-state index contributed by atoms with van der Waals surface area (Å²) in [4.78, 5) is 15.3. The van der Waals surface area contributed by atoms with Gasteiger partial charge in [0, 0.05) is 12.5 Å². The van der Waals surface area contributed by atoms with E-state index in [0.717, 1.165) is 11.3 Å². The highest BCUT2D eigenvalue weighted by molar-refractivity contribution is 5.75. The lowest BCUT2D eigenvalue weighted by atomic mass is 10.1. The van der Waals surface area contributed by atoms with Crippen molar-refractivity contribution in [2.45, 2.75) is 6.92 Å². The fraction of sp³-hybridized carbons (Fsp3) is 0.133. The van der Waals surface area contributed by atoms with Gasteiger partial charge in [0.15, 0.2) is 5.82 Å². The lowest BCUT2D eigenvalue weighted by molar-refractivity contribution is -0.118. The molecule has 0 radical (unpaired) electrons. The van der Waals surface area contributed by atoms with Crippen LogP contribution in [0, 0.1) is 11.3 Å². The van der Waals surface area contributed by atoms with Gasteiger partial charge in [-0.2, -0.15) is 5.26 Å². The number of aromatic nitrogens is 1. The molecule has 1 aromatic heterocycles. The summed E-state index contributed by atoms with van der Waals surface area (Å²) in [5, 5.41) is 9.05. The van der Waals surface area contributed by atoms with Gasteiger partial charge in [0.1, 0.15) is 11.8 Å². The molecule has 0 atom stereocenters. The molecule has 0 spiro atoms. The molecule has 0 unspecified atom stereocenters. The molecule has 1 heterocycles. The minimum Gasteiger partial charge on any atom is -0.497 e. The Kier molecular flexibility index (Phi) is 4.36. The Morgan fingerprint density at radius 1 is 1.24 bits per heavy atom. The van der Waals surface area contributed by atoms with Crippen LogP contribution >= 0.6 is 0 Å². The van der Waals surface area contributed by atoms with Crippen LogP contribution in [0.4, 0.5) is 5.82 Å². The lowest BCUT2D eigenvalue weighted by Crippen LogP contribution is -2.27. The van der Waals surface area contributed by atoms with Crippen LogP contribution < -0.4 is 15.6 Å². The van der Waals surface area contributed by atoms with Crippen LogP contribution in [-0.2, 0) is 4.79 Å². The highest BCUT2D eigenvalue weighted by Crippen LogP contribution is 2.23. The van der Waals surface area contributed by atoms with E-state index >= 15 is 0 Å². The van der Waals surface area contributed by atoms with Crippen molar-refractivity contribution in [1.29, 1.82) is 5.26 Å². The Labute approximate surface area is 122 Å². The highest BCUT2D eigenvalue weighted by atomic mass is 16.5. The van der Waals surface area contributed by atoms with Gasteiger partial charge in [0.05, 0.1) is 18.4 Å². The Morgan fingerprint density at radius 3 is 2.52 bits per heavy atom. The van der Waals surface area contributed by atoms with Crippen LogP contribution in [0.15, 0.2) is 36.4 Å². The van der Waals surface area contributed by atoms with Gasteiger partial charge in [-0.15, -0.1) is 0 Å². The minimum atomic E-state index is -0.268. The number of nitrogens with zero attached hydrogens (tertiary/aromatic N) is 2. The van der Waals surface area contributed by atoms with E-state index in [1.165, 1.54) is 6.92 Å². The quantitative estimate of drug-likeness (QED) is 0.838. The molecule has 1 aromatic carbocycles. The number of benzene rings is 1. The van der Waals surface area contributed by atoms with Gasteiger partial charge in [0.25, 0.3) is 0 Å². The summed E-state index contributed by atoms with van der Waals surface area (Å²) < 4.78 is 5.11. The van der Waals surface area contributed by atoms with E-state index < -0.39 is 0 Å². The lowest BCUT2D eigenvalue weighted by Gasteiger charge is -2.09. The standard InChI is InChI=1S/C15H14N4O2/c1-10(20)18-19-15-12(9-16)5-8-14(17-15)11-3-6-13(21-2)7-4-11/h3-8H,1-2H3,(H,17,19)(H,18,20). The second-order valence-electron chi connectivity index (χ2n) is 4.24. The molecule has 21 heavy (non-hydrogen) atoms. The zero-order chi connectivity index (χ0) is 15.2. The number of methoxy groups -OCH3 is 1. The molecule has 0 saturated heterocycles. The third-order valence-corrected chi connectivity index (χ3v) is 2.76. The topological polar surface area (TPSA) is 87.0 Å². The summed E-state index contributed by atoms with van der Waals surface area (Å²) in [5.74, 6) is 0.792. The summed E-state index contributed by atoms with van der Waals surface area (Å²) in [6.45, 7) is 1.37. The number of ether oxygens (including phenoxy) is 1. The Balaban J connectivity index is 2.33. The molecule has 2 aromatic rings. The van der Waals surface area contributed by atoms with Crippen molar-refractivity contribution in [3.63, 3.8) is 0 Å². The van der Waals surface area contributed by atoms with E-state index in [4.69, 9.17) is 10.00 Å². The number of pyridine rings is 1. The van der Waals surface area contributed by atoms with E-state index in [1.54, 1.807) is 19.2 Å². The van der Waals surface area contributed by atoms with Crippen LogP contribution in [0.1, 0.15) is 12.5 Å². The van der Waals surface area contributed by atoms with Gasteiger partial charge < -0.3 is 4.74 Å². The van der Waals surface area contributed by atoms with Crippen LogP contribution in [0.5, 0.6) is 5.75 Å². The monoisotopic (exact) mass is 282 g/mol. The van der Waals surface area contributed by atoms with Gasteiger partial charge >= 0.3 is 0 Å². The number of rotatable bonds is 4. The molecule has 0 aliphatic rings. The third-order valence-electron chi connectivity index (χ3n) is 2.76. The first kappa shape index (κ1) is 14.3. The molecule has 2 rings (SSSR count). The first-order chi connectivity index (χ1) is 10.1. The van der Waals surface area contributed by atoms with Crippen molar-refractivity contribution >= 4 is 11.7 Å². The molecule has 2 N–H and O–H groups in total. The molecule has 106 valence electrons. The van der Waals surface area contributed by atoms with Gasteiger partial charge in [0.2, 0.25) is 5.91 Å². The Bertz CT molecular complexity index is 690.